The first kappa shape index (κ1) is 17.8. The summed E-state index contributed by atoms with van der Waals surface area (Å²) in [5.41, 5.74) is 3.37. The first-order valence-corrected chi connectivity index (χ1v) is 8.36. The number of aryl methyl sites for hydroxylation is 1. The molecule has 0 bridgehead atoms. The van der Waals surface area contributed by atoms with Crippen LogP contribution in [-0.2, 0) is 6.42 Å². The molecule has 0 spiro atoms. The first-order chi connectivity index (χ1) is 12.5. The van der Waals surface area contributed by atoms with Crippen LogP contribution in [0.15, 0.2) is 54.9 Å². The Labute approximate surface area is 155 Å². The van der Waals surface area contributed by atoms with Crippen molar-refractivity contribution < 1.29 is 9.66 Å². The molecule has 3 rings (SSSR count). The molecule has 0 amide bonds. The monoisotopic (exact) mass is 369 g/mol. The topological polar surface area (TPSA) is 78.2 Å². The van der Waals surface area contributed by atoms with E-state index >= 15 is 0 Å². The van der Waals surface area contributed by atoms with Gasteiger partial charge in [0.2, 0.25) is 5.88 Å². The van der Waals surface area contributed by atoms with Gasteiger partial charge >= 0.3 is 0 Å². The average Bonchev–Trinajstić information content (AvgIpc) is 2.64. The Kier molecular flexibility index (Phi) is 5.43. The van der Waals surface area contributed by atoms with Crippen LogP contribution in [0.1, 0.15) is 11.1 Å². The molecule has 0 N–H and O–H groups in total. The van der Waals surface area contributed by atoms with Crippen LogP contribution < -0.4 is 4.74 Å². The maximum absolute atomic E-state index is 10.8. The van der Waals surface area contributed by atoms with E-state index in [9.17, 15) is 10.1 Å². The highest BCUT2D eigenvalue weighted by molar-refractivity contribution is 6.31. The fraction of sp³-hybridized carbons (Fsp3) is 0.158. The molecule has 0 aliphatic carbocycles. The lowest BCUT2D eigenvalue weighted by Gasteiger charge is -2.10. The Hall–Kier alpha value is -2.99. The Morgan fingerprint density at radius 2 is 1.85 bits per heavy atom. The standard InChI is InChI=1S/C19H16ClN3O3/c1-13-2-3-14(17(20)12-13)8-11-26-19-18(21-9-10-22-19)15-4-6-16(7-5-15)23(24)25/h2-7,9-10,12H,8,11H2,1H3. The van der Waals surface area contributed by atoms with E-state index in [1.165, 1.54) is 12.1 Å². The van der Waals surface area contributed by atoms with Crippen LogP contribution in [0.25, 0.3) is 11.3 Å². The number of aromatic nitrogens is 2. The van der Waals surface area contributed by atoms with E-state index in [-0.39, 0.29) is 5.69 Å². The van der Waals surface area contributed by atoms with Crippen LogP contribution in [0.2, 0.25) is 5.02 Å². The van der Waals surface area contributed by atoms with Crippen molar-refractivity contribution in [1.82, 2.24) is 9.97 Å². The molecule has 0 saturated heterocycles. The molecule has 0 fully saturated rings. The number of hydrogen-bond donors (Lipinski definition) is 0. The summed E-state index contributed by atoms with van der Waals surface area (Å²) in [5, 5.41) is 11.5. The summed E-state index contributed by atoms with van der Waals surface area (Å²) in [6.45, 7) is 2.38. The van der Waals surface area contributed by atoms with E-state index in [1.807, 2.05) is 25.1 Å². The van der Waals surface area contributed by atoms with Gasteiger partial charge in [-0.3, -0.25) is 10.1 Å². The van der Waals surface area contributed by atoms with Crippen molar-refractivity contribution in [3.05, 3.63) is 81.1 Å². The summed E-state index contributed by atoms with van der Waals surface area (Å²) in [5.74, 6) is 0.379. The van der Waals surface area contributed by atoms with Crippen molar-refractivity contribution in [3.8, 4) is 17.1 Å². The van der Waals surface area contributed by atoms with Gasteiger partial charge in [0.05, 0.1) is 11.5 Å². The van der Waals surface area contributed by atoms with Crippen LogP contribution >= 0.6 is 11.6 Å². The van der Waals surface area contributed by atoms with E-state index in [0.29, 0.717) is 35.2 Å². The number of rotatable bonds is 6. The number of ether oxygens (including phenoxy) is 1. The number of non-ortho nitro benzene ring substituents is 1. The predicted molar refractivity (Wildman–Crippen MR) is 99.5 cm³/mol. The van der Waals surface area contributed by atoms with Crippen molar-refractivity contribution >= 4 is 17.3 Å². The lowest BCUT2D eigenvalue weighted by Crippen LogP contribution is -2.05. The molecule has 132 valence electrons. The third kappa shape index (κ3) is 4.15. The van der Waals surface area contributed by atoms with Gasteiger partial charge in [-0.25, -0.2) is 9.97 Å². The van der Waals surface area contributed by atoms with Crippen LogP contribution in [0, 0.1) is 17.0 Å². The molecule has 1 heterocycles. The first-order valence-electron chi connectivity index (χ1n) is 7.98. The molecule has 1 aromatic heterocycles. The Balaban J connectivity index is 1.74. The highest BCUT2D eigenvalue weighted by atomic mass is 35.5. The van der Waals surface area contributed by atoms with E-state index in [0.717, 1.165) is 11.1 Å². The van der Waals surface area contributed by atoms with Gasteiger partial charge in [-0.1, -0.05) is 23.7 Å². The Bertz CT molecular complexity index is 930. The van der Waals surface area contributed by atoms with Crippen molar-refractivity contribution in [2.45, 2.75) is 13.3 Å². The fourth-order valence-corrected chi connectivity index (χ4v) is 2.81. The van der Waals surface area contributed by atoms with Gasteiger partial charge in [-0.2, -0.15) is 0 Å². The van der Waals surface area contributed by atoms with E-state index in [4.69, 9.17) is 16.3 Å². The third-order valence-electron chi connectivity index (χ3n) is 3.83. The lowest BCUT2D eigenvalue weighted by molar-refractivity contribution is -0.384. The van der Waals surface area contributed by atoms with Crippen molar-refractivity contribution in [2.24, 2.45) is 0 Å². The minimum absolute atomic E-state index is 0.0223. The molecule has 0 unspecified atom stereocenters. The number of nitro benzene ring substituents is 1. The van der Waals surface area contributed by atoms with Crippen LogP contribution in [0.3, 0.4) is 0 Å². The van der Waals surface area contributed by atoms with Crippen molar-refractivity contribution in [1.29, 1.82) is 0 Å². The number of halogens is 1. The molecule has 2 aromatic carbocycles. The molecule has 0 saturated carbocycles. The molecule has 7 heteroatoms. The second-order valence-electron chi connectivity index (χ2n) is 5.71. The van der Waals surface area contributed by atoms with Gasteiger partial charge in [0.25, 0.3) is 5.69 Å². The highest BCUT2D eigenvalue weighted by Crippen LogP contribution is 2.27. The number of nitrogens with zero attached hydrogens (tertiary/aromatic N) is 3. The van der Waals surface area contributed by atoms with E-state index in [2.05, 4.69) is 9.97 Å². The predicted octanol–water partition coefficient (Wildman–Crippen LogP) is 4.64. The summed E-state index contributed by atoms with van der Waals surface area (Å²) >= 11 is 6.24. The van der Waals surface area contributed by atoms with Gasteiger partial charge in [0.1, 0.15) is 5.69 Å². The number of hydrogen-bond acceptors (Lipinski definition) is 5. The summed E-state index contributed by atoms with van der Waals surface area (Å²) in [6.07, 6.45) is 3.74. The molecule has 26 heavy (non-hydrogen) atoms. The zero-order chi connectivity index (χ0) is 18.5. The molecule has 0 atom stereocenters. The smallest absolute Gasteiger partial charge is 0.269 e. The maximum Gasteiger partial charge on any atom is 0.269 e. The number of nitro groups is 1. The molecule has 0 radical (unpaired) electrons. The van der Waals surface area contributed by atoms with Gasteiger partial charge in [-0.05, 0) is 36.2 Å². The third-order valence-corrected chi connectivity index (χ3v) is 4.19. The Morgan fingerprint density at radius 3 is 2.54 bits per heavy atom. The van der Waals surface area contributed by atoms with Crippen molar-refractivity contribution in [2.75, 3.05) is 6.61 Å². The minimum atomic E-state index is -0.441. The Morgan fingerprint density at radius 1 is 1.12 bits per heavy atom. The van der Waals surface area contributed by atoms with Gasteiger partial charge in [0, 0.05) is 41.5 Å². The summed E-state index contributed by atoms with van der Waals surface area (Å²) in [4.78, 5) is 18.9. The maximum atomic E-state index is 10.8. The highest BCUT2D eigenvalue weighted by Gasteiger charge is 2.12. The molecular formula is C19H16ClN3O3. The van der Waals surface area contributed by atoms with E-state index < -0.39 is 4.92 Å². The molecule has 0 aliphatic rings. The largest absolute Gasteiger partial charge is 0.476 e. The summed E-state index contributed by atoms with van der Waals surface area (Å²) in [7, 11) is 0. The normalized spacial score (nSPS) is 10.5. The fourth-order valence-electron chi connectivity index (χ4n) is 2.48. The van der Waals surface area contributed by atoms with Crippen LogP contribution in [0.4, 0.5) is 5.69 Å². The second kappa shape index (κ2) is 7.93. The van der Waals surface area contributed by atoms with Crippen LogP contribution in [-0.4, -0.2) is 21.5 Å². The SMILES string of the molecule is Cc1ccc(CCOc2nccnc2-c2ccc([N+](=O)[O-])cc2)c(Cl)c1. The summed E-state index contributed by atoms with van der Waals surface area (Å²) < 4.78 is 5.79. The minimum Gasteiger partial charge on any atom is -0.476 e. The average molecular weight is 370 g/mol. The molecule has 3 aromatic rings. The molecule has 6 nitrogen and oxygen atoms in total. The molecule has 0 aliphatic heterocycles. The molecular weight excluding hydrogens is 354 g/mol. The zero-order valence-corrected chi connectivity index (χ0v) is 14.8. The summed E-state index contributed by atoms with van der Waals surface area (Å²) in [6, 6.07) is 12.0. The zero-order valence-electron chi connectivity index (χ0n) is 14.1. The van der Waals surface area contributed by atoms with Crippen LogP contribution in [0.5, 0.6) is 5.88 Å². The van der Waals surface area contributed by atoms with Gasteiger partial charge in [-0.15, -0.1) is 0 Å². The van der Waals surface area contributed by atoms with Gasteiger partial charge in [0.15, 0.2) is 0 Å². The van der Waals surface area contributed by atoms with Crippen molar-refractivity contribution in [3.63, 3.8) is 0 Å². The van der Waals surface area contributed by atoms with E-state index in [1.54, 1.807) is 24.5 Å². The number of benzene rings is 2. The quantitative estimate of drug-likeness (QED) is 0.467. The van der Waals surface area contributed by atoms with Gasteiger partial charge < -0.3 is 4.74 Å². The second-order valence-corrected chi connectivity index (χ2v) is 6.11. The lowest BCUT2D eigenvalue weighted by atomic mass is 10.1.